The van der Waals surface area contributed by atoms with Crippen LogP contribution in [0.25, 0.3) is 0 Å². The number of rotatable bonds is 3. The number of alkyl halides is 2. The van der Waals surface area contributed by atoms with Crippen LogP contribution in [-0.4, -0.2) is 31.0 Å². The number of nitrogens with one attached hydrogen (secondary N) is 2. The molecular weight excluding hydrogens is 166 g/mol. The Morgan fingerprint density at radius 2 is 2.25 bits per heavy atom. The second kappa shape index (κ2) is 3.35. The smallest absolute Gasteiger partial charge is 0.324 e. The Morgan fingerprint density at radius 1 is 1.67 bits per heavy atom. The molecule has 1 rings (SSSR count). The van der Waals surface area contributed by atoms with Crippen molar-refractivity contribution in [3.63, 3.8) is 0 Å². The molecule has 1 amide bonds. The molecule has 0 bridgehead atoms. The molecule has 0 aromatic heterocycles. The van der Waals surface area contributed by atoms with Gasteiger partial charge in [-0.15, -0.1) is 0 Å². The molecule has 3 nitrogen and oxygen atoms in total. The summed E-state index contributed by atoms with van der Waals surface area (Å²) < 4.78 is 25.3. The first-order chi connectivity index (χ1) is 5.56. The molecule has 1 aliphatic rings. The number of amides is 1. The molecular formula is C7H12F2N2O. The normalized spacial score (nSPS) is 18.6. The first kappa shape index (κ1) is 9.38. The number of carbonyl (C=O) groups is 1. The fourth-order valence-electron chi connectivity index (χ4n) is 0.842. The lowest BCUT2D eigenvalue weighted by atomic mass is 10.1. The standard InChI is InChI=1S/C7H12F2N2O/c1-2-7(8,9)6(12)11-5-3-10-4-5/h5,10H,2-4H2,1H3,(H,11,12). The Hall–Kier alpha value is -0.710. The van der Waals surface area contributed by atoms with E-state index in [1.807, 2.05) is 0 Å². The quantitative estimate of drug-likeness (QED) is 0.644. The Morgan fingerprint density at radius 3 is 2.58 bits per heavy atom. The zero-order valence-electron chi connectivity index (χ0n) is 6.86. The monoisotopic (exact) mass is 178 g/mol. The minimum absolute atomic E-state index is 0.116. The summed E-state index contributed by atoms with van der Waals surface area (Å²) in [6.07, 6.45) is -0.445. The number of hydrogen-bond donors (Lipinski definition) is 2. The van der Waals surface area contributed by atoms with Crippen molar-refractivity contribution in [1.29, 1.82) is 0 Å². The molecule has 0 aromatic rings. The van der Waals surface area contributed by atoms with E-state index in [2.05, 4.69) is 10.6 Å². The molecule has 1 fully saturated rings. The third kappa shape index (κ3) is 1.91. The molecule has 1 aliphatic heterocycles. The van der Waals surface area contributed by atoms with Gasteiger partial charge in [-0.05, 0) is 0 Å². The first-order valence-electron chi connectivity index (χ1n) is 3.96. The van der Waals surface area contributed by atoms with Crippen LogP contribution in [0.15, 0.2) is 0 Å². The third-order valence-corrected chi connectivity index (χ3v) is 1.89. The van der Waals surface area contributed by atoms with E-state index in [1.165, 1.54) is 6.92 Å². The second-order valence-electron chi connectivity index (χ2n) is 2.89. The highest BCUT2D eigenvalue weighted by molar-refractivity contribution is 5.83. The van der Waals surface area contributed by atoms with Gasteiger partial charge in [-0.3, -0.25) is 4.79 Å². The van der Waals surface area contributed by atoms with Crippen LogP contribution in [0.5, 0.6) is 0 Å². The lowest BCUT2D eigenvalue weighted by Gasteiger charge is -2.29. The molecule has 0 atom stereocenters. The molecule has 0 aliphatic carbocycles. The Balaban J connectivity index is 2.35. The lowest BCUT2D eigenvalue weighted by molar-refractivity contribution is -0.147. The van der Waals surface area contributed by atoms with Crippen molar-refractivity contribution in [3.05, 3.63) is 0 Å². The van der Waals surface area contributed by atoms with Crippen LogP contribution in [0.2, 0.25) is 0 Å². The van der Waals surface area contributed by atoms with Gasteiger partial charge < -0.3 is 10.6 Å². The van der Waals surface area contributed by atoms with E-state index in [1.54, 1.807) is 0 Å². The number of halogens is 2. The maximum Gasteiger partial charge on any atom is 0.324 e. The van der Waals surface area contributed by atoms with Crippen molar-refractivity contribution in [3.8, 4) is 0 Å². The maximum absolute atomic E-state index is 12.6. The van der Waals surface area contributed by atoms with Gasteiger partial charge in [0.15, 0.2) is 0 Å². The van der Waals surface area contributed by atoms with Crippen LogP contribution in [0.4, 0.5) is 8.78 Å². The third-order valence-electron chi connectivity index (χ3n) is 1.89. The van der Waals surface area contributed by atoms with E-state index in [-0.39, 0.29) is 6.04 Å². The van der Waals surface area contributed by atoms with Gasteiger partial charge in [-0.1, -0.05) is 6.92 Å². The SMILES string of the molecule is CCC(F)(F)C(=O)NC1CNC1. The fraction of sp³-hybridized carbons (Fsp3) is 0.857. The molecule has 0 radical (unpaired) electrons. The summed E-state index contributed by atoms with van der Waals surface area (Å²) in [5, 5.41) is 5.13. The van der Waals surface area contributed by atoms with Crippen LogP contribution < -0.4 is 10.6 Å². The highest BCUT2D eigenvalue weighted by atomic mass is 19.3. The van der Waals surface area contributed by atoms with Crippen molar-refractivity contribution in [2.75, 3.05) is 13.1 Å². The molecule has 70 valence electrons. The van der Waals surface area contributed by atoms with Gasteiger partial charge in [-0.25, -0.2) is 0 Å². The lowest BCUT2D eigenvalue weighted by Crippen LogP contribution is -2.59. The molecule has 12 heavy (non-hydrogen) atoms. The van der Waals surface area contributed by atoms with Crippen molar-refractivity contribution in [2.45, 2.75) is 25.3 Å². The van der Waals surface area contributed by atoms with Crippen molar-refractivity contribution in [2.24, 2.45) is 0 Å². The van der Waals surface area contributed by atoms with Gasteiger partial charge >= 0.3 is 5.92 Å². The van der Waals surface area contributed by atoms with Gasteiger partial charge in [0.2, 0.25) is 0 Å². The summed E-state index contributed by atoms with van der Waals surface area (Å²) in [6, 6.07) is -0.116. The molecule has 0 unspecified atom stereocenters. The summed E-state index contributed by atoms with van der Waals surface area (Å²) in [5.41, 5.74) is 0. The fourth-order valence-corrected chi connectivity index (χ4v) is 0.842. The summed E-state index contributed by atoms with van der Waals surface area (Å²) in [5.74, 6) is -4.37. The van der Waals surface area contributed by atoms with Crippen LogP contribution in [0, 0.1) is 0 Å². The molecule has 0 saturated carbocycles. The van der Waals surface area contributed by atoms with E-state index in [9.17, 15) is 13.6 Å². The van der Waals surface area contributed by atoms with Gasteiger partial charge in [0.25, 0.3) is 5.91 Å². The van der Waals surface area contributed by atoms with Crippen molar-refractivity contribution in [1.82, 2.24) is 10.6 Å². The molecule has 1 saturated heterocycles. The largest absolute Gasteiger partial charge is 0.346 e. The molecule has 0 aromatic carbocycles. The summed E-state index contributed by atoms with van der Waals surface area (Å²) in [6.45, 7) is 2.47. The topological polar surface area (TPSA) is 41.1 Å². The number of hydrogen-bond acceptors (Lipinski definition) is 2. The minimum atomic E-state index is -3.21. The van der Waals surface area contributed by atoms with Crippen LogP contribution in [0.3, 0.4) is 0 Å². The predicted octanol–water partition coefficient (Wildman–Crippen LogP) is 0.120. The van der Waals surface area contributed by atoms with E-state index < -0.39 is 18.3 Å². The van der Waals surface area contributed by atoms with E-state index >= 15 is 0 Å². The summed E-state index contributed by atoms with van der Waals surface area (Å²) in [7, 11) is 0. The Bertz CT molecular complexity index is 180. The minimum Gasteiger partial charge on any atom is -0.346 e. The predicted molar refractivity (Wildman–Crippen MR) is 40.0 cm³/mol. The van der Waals surface area contributed by atoms with Gasteiger partial charge in [0.05, 0.1) is 6.04 Å². The maximum atomic E-state index is 12.6. The molecule has 5 heteroatoms. The average Bonchev–Trinajstić information content (AvgIpc) is 1.96. The Labute approximate surface area is 69.5 Å². The average molecular weight is 178 g/mol. The molecule has 0 spiro atoms. The molecule has 1 heterocycles. The molecule has 2 N–H and O–H groups in total. The van der Waals surface area contributed by atoms with E-state index in [0.717, 1.165) is 0 Å². The van der Waals surface area contributed by atoms with Gasteiger partial charge in [0, 0.05) is 19.5 Å². The zero-order valence-corrected chi connectivity index (χ0v) is 6.86. The van der Waals surface area contributed by atoms with E-state index in [0.29, 0.717) is 13.1 Å². The van der Waals surface area contributed by atoms with Gasteiger partial charge in [-0.2, -0.15) is 8.78 Å². The van der Waals surface area contributed by atoms with Crippen molar-refractivity contribution < 1.29 is 13.6 Å². The van der Waals surface area contributed by atoms with Crippen molar-refractivity contribution >= 4 is 5.91 Å². The number of carbonyl (C=O) groups excluding carboxylic acids is 1. The second-order valence-corrected chi connectivity index (χ2v) is 2.89. The van der Waals surface area contributed by atoms with Gasteiger partial charge in [0.1, 0.15) is 0 Å². The summed E-state index contributed by atoms with van der Waals surface area (Å²) >= 11 is 0. The van der Waals surface area contributed by atoms with Crippen LogP contribution >= 0.6 is 0 Å². The highest BCUT2D eigenvalue weighted by Crippen LogP contribution is 2.17. The first-order valence-corrected chi connectivity index (χ1v) is 3.96. The summed E-state index contributed by atoms with van der Waals surface area (Å²) in [4.78, 5) is 10.8. The Kier molecular flexibility index (Phi) is 2.62. The van der Waals surface area contributed by atoms with Crippen LogP contribution in [-0.2, 0) is 4.79 Å². The zero-order chi connectivity index (χ0) is 9.19. The van der Waals surface area contributed by atoms with Crippen LogP contribution in [0.1, 0.15) is 13.3 Å². The van der Waals surface area contributed by atoms with E-state index in [4.69, 9.17) is 0 Å². The highest BCUT2D eigenvalue weighted by Gasteiger charge is 2.38.